The number of aliphatic hydroxyl groups excluding tert-OH is 1. The fourth-order valence-corrected chi connectivity index (χ4v) is 0.411. The van der Waals surface area contributed by atoms with Crippen LogP contribution in [-0.2, 0) is 9.59 Å². The molecule has 0 aliphatic heterocycles. The van der Waals surface area contributed by atoms with Crippen molar-refractivity contribution < 1.29 is 24.9 Å². The molecule has 0 heterocycles. The van der Waals surface area contributed by atoms with E-state index in [2.05, 4.69) is 0 Å². The Morgan fingerprint density at radius 3 is 1.91 bits per heavy atom. The quantitative estimate of drug-likeness (QED) is 0.436. The van der Waals surface area contributed by atoms with Gasteiger partial charge in [-0.25, -0.2) is 4.79 Å². The Kier molecular flexibility index (Phi) is 3.39. The molecule has 6 heteroatoms. The van der Waals surface area contributed by atoms with Crippen LogP contribution >= 0.6 is 11.6 Å². The van der Waals surface area contributed by atoms with E-state index in [-0.39, 0.29) is 0 Å². The van der Waals surface area contributed by atoms with Gasteiger partial charge in [-0.05, 0) is 0 Å². The highest BCUT2D eigenvalue weighted by atomic mass is 35.5. The van der Waals surface area contributed by atoms with Gasteiger partial charge in [-0.3, -0.25) is 4.79 Å². The minimum Gasteiger partial charge on any atom is -0.510 e. The van der Waals surface area contributed by atoms with E-state index in [4.69, 9.17) is 26.9 Å². The van der Waals surface area contributed by atoms with E-state index in [1.54, 1.807) is 0 Å². The first-order valence-corrected chi connectivity index (χ1v) is 2.85. The first-order valence-electron chi connectivity index (χ1n) is 2.48. The highest BCUT2D eigenvalue weighted by molar-refractivity contribution is 6.41. The van der Waals surface area contributed by atoms with Crippen molar-refractivity contribution in [2.24, 2.45) is 0 Å². The summed E-state index contributed by atoms with van der Waals surface area (Å²) in [5.41, 5.74) is 0. The van der Waals surface area contributed by atoms with E-state index in [0.29, 0.717) is 0 Å². The number of rotatable bonds is 3. The average Bonchev–Trinajstić information content (AvgIpc) is 1.84. The largest absolute Gasteiger partial charge is 0.510 e. The van der Waals surface area contributed by atoms with Gasteiger partial charge in [-0.1, -0.05) is 11.6 Å². The summed E-state index contributed by atoms with van der Waals surface area (Å²) in [6, 6.07) is 0. The molecule has 11 heavy (non-hydrogen) atoms. The monoisotopic (exact) mass is 180 g/mol. The standard InChI is InChI=1S/C5H5ClO5/c6-4(5(10)11)2(7)1-3(8)9/h7H,1H2,(H,8,9)(H,10,11)/b4-2+. The molecule has 0 radical (unpaired) electrons. The van der Waals surface area contributed by atoms with Gasteiger partial charge >= 0.3 is 11.9 Å². The summed E-state index contributed by atoms with van der Waals surface area (Å²) in [5, 5.41) is 24.0. The smallest absolute Gasteiger partial charge is 0.350 e. The summed E-state index contributed by atoms with van der Waals surface area (Å²) in [6.07, 6.45) is -0.787. The predicted molar refractivity (Wildman–Crippen MR) is 35.4 cm³/mol. The van der Waals surface area contributed by atoms with Crippen molar-refractivity contribution in [1.82, 2.24) is 0 Å². The topological polar surface area (TPSA) is 94.8 Å². The third-order valence-corrected chi connectivity index (χ3v) is 1.14. The molecular weight excluding hydrogens is 176 g/mol. The normalized spacial score (nSPS) is 12.1. The number of hydrogen-bond acceptors (Lipinski definition) is 3. The number of halogens is 1. The molecule has 62 valence electrons. The zero-order chi connectivity index (χ0) is 9.02. The fourth-order valence-electron chi connectivity index (χ4n) is 0.344. The number of carboxylic acid groups (broad SMARTS) is 2. The maximum atomic E-state index is 9.98. The Morgan fingerprint density at radius 2 is 1.64 bits per heavy atom. The summed E-state index contributed by atoms with van der Waals surface area (Å²) in [6.45, 7) is 0. The van der Waals surface area contributed by atoms with Crippen molar-refractivity contribution in [2.75, 3.05) is 0 Å². The summed E-state index contributed by atoms with van der Waals surface area (Å²) < 4.78 is 0. The van der Waals surface area contributed by atoms with Crippen LogP contribution in [0.4, 0.5) is 0 Å². The van der Waals surface area contributed by atoms with Crippen LogP contribution in [0.15, 0.2) is 10.8 Å². The van der Waals surface area contributed by atoms with Crippen molar-refractivity contribution in [3.63, 3.8) is 0 Å². The predicted octanol–water partition coefficient (Wildman–Crippen LogP) is 0.554. The highest BCUT2D eigenvalue weighted by Gasteiger charge is 2.13. The SMILES string of the molecule is O=C(O)C/C(O)=C(\Cl)C(=O)O. The van der Waals surface area contributed by atoms with Gasteiger partial charge in [-0.2, -0.15) is 0 Å². The van der Waals surface area contributed by atoms with Gasteiger partial charge in [0.2, 0.25) is 0 Å². The third-order valence-electron chi connectivity index (χ3n) is 0.760. The maximum Gasteiger partial charge on any atom is 0.350 e. The Balaban J connectivity index is 4.40. The van der Waals surface area contributed by atoms with Gasteiger partial charge in [0.15, 0.2) is 5.03 Å². The molecule has 0 aromatic carbocycles. The van der Waals surface area contributed by atoms with Crippen molar-refractivity contribution in [3.05, 3.63) is 10.8 Å². The molecule has 0 aromatic heterocycles. The van der Waals surface area contributed by atoms with Gasteiger partial charge < -0.3 is 15.3 Å². The van der Waals surface area contributed by atoms with E-state index in [9.17, 15) is 9.59 Å². The Morgan fingerprint density at radius 1 is 1.18 bits per heavy atom. The van der Waals surface area contributed by atoms with Crippen molar-refractivity contribution >= 4 is 23.5 Å². The second kappa shape index (κ2) is 3.82. The van der Waals surface area contributed by atoms with E-state index in [0.717, 1.165) is 0 Å². The minimum absolute atomic E-state index is 0.787. The van der Waals surface area contributed by atoms with Crippen LogP contribution in [0.25, 0.3) is 0 Å². The highest BCUT2D eigenvalue weighted by Crippen LogP contribution is 2.09. The Labute approximate surface area is 66.5 Å². The van der Waals surface area contributed by atoms with Crippen LogP contribution in [-0.4, -0.2) is 27.3 Å². The van der Waals surface area contributed by atoms with E-state index < -0.39 is 29.2 Å². The van der Waals surface area contributed by atoms with Gasteiger partial charge in [0.25, 0.3) is 0 Å². The van der Waals surface area contributed by atoms with Crippen LogP contribution in [0.5, 0.6) is 0 Å². The lowest BCUT2D eigenvalue weighted by atomic mass is 10.3. The Bertz CT molecular complexity index is 219. The molecule has 0 fully saturated rings. The molecular formula is C5H5ClO5. The second-order valence-electron chi connectivity index (χ2n) is 1.64. The first kappa shape index (κ1) is 9.77. The summed E-state index contributed by atoms with van der Waals surface area (Å²) >= 11 is 4.98. The maximum absolute atomic E-state index is 9.98. The number of carboxylic acids is 2. The molecule has 0 rings (SSSR count). The average molecular weight is 181 g/mol. The molecule has 0 aliphatic carbocycles. The van der Waals surface area contributed by atoms with Crippen molar-refractivity contribution in [2.45, 2.75) is 6.42 Å². The molecule has 0 unspecified atom stereocenters. The first-order chi connectivity index (χ1) is 4.95. The lowest BCUT2D eigenvalue weighted by Gasteiger charge is -1.95. The van der Waals surface area contributed by atoms with Gasteiger partial charge in [0.05, 0.1) is 0 Å². The van der Waals surface area contributed by atoms with Gasteiger partial charge in [0, 0.05) is 0 Å². The van der Waals surface area contributed by atoms with Crippen LogP contribution in [0.2, 0.25) is 0 Å². The van der Waals surface area contributed by atoms with Crippen LogP contribution in [0.1, 0.15) is 6.42 Å². The number of hydrogen-bond donors (Lipinski definition) is 3. The van der Waals surface area contributed by atoms with E-state index in [1.165, 1.54) is 0 Å². The summed E-state index contributed by atoms with van der Waals surface area (Å²) in [5.74, 6) is -3.75. The minimum atomic E-state index is -1.55. The summed E-state index contributed by atoms with van der Waals surface area (Å²) in [7, 11) is 0. The molecule has 0 bridgehead atoms. The zero-order valence-corrected chi connectivity index (χ0v) is 6.00. The van der Waals surface area contributed by atoms with E-state index in [1.807, 2.05) is 0 Å². The fraction of sp³-hybridized carbons (Fsp3) is 0.200. The molecule has 0 saturated carbocycles. The molecule has 5 nitrogen and oxygen atoms in total. The molecule has 0 saturated heterocycles. The second-order valence-corrected chi connectivity index (χ2v) is 2.01. The Hall–Kier alpha value is -1.23. The number of aliphatic carboxylic acids is 2. The lowest BCUT2D eigenvalue weighted by Crippen LogP contribution is -2.03. The van der Waals surface area contributed by atoms with Crippen molar-refractivity contribution in [1.29, 1.82) is 0 Å². The summed E-state index contributed by atoms with van der Waals surface area (Å²) in [4.78, 5) is 19.9. The molecule has 0 aromatic rings. The van der Waals surface area contributed by atoms with Gasteiger partial charge in [-0.15, -0.1) is 0 Å². The molecule has 0 amide bonds. The van der Waals surface area contributed by atoms with Crippen LogP contribution in [0.3, 0.4) is 0 Å². The molecule has 0 spiro atoms. The van der Waals surface area contributed by atoms with Gasteiger partial charge in [0.1, 0.15) is 12.2 Å². The van der Waals surface area contributed by atoms with Crippen LogP contribution < -0.4 is 0 Å². The molecule has 0 aliphatic rings. The van der Waals surface area contributed by atoms with E-state index >= 15 is 0 Å². The molecule has 3 N–H and O–H groups in total. The van der Waals surface area contributed by atoms with Crippen LogP contribution in [0, 0.1) is 0 Å². The van der Waals surface area contributed by atoms with Crippen molar-refractivity contribution in [3.8, 4) is 0 Å². The number of carbonyl (C=O) groups is 2. The third kappa shape index (κ3) is 3.47. The number of aliphatic hydroxyl groups is 1. The zero-order valence-electron chi connectivity index (χ0n) is 5.24. The molecule has 0 atom stereocenters. The lowest BCUT2D eigenvalue weighted by molar-refractivity contribution is -0.136.